The predicted octanol–water partition coefficient (Wildman–Crippen LogP) is 4.07. The van der Waals surface area contributed by atoms with Gasteiger partial charge in [-0.1, -0.05) is 48.2 Å². The first kappa shape index (κ1) is 18.5. The predicted molar refractivity (Wildman–Crippen MR) is 108 cm³/mol. The number of aryl methyl sites for hydroxylation is 1. The highest BCUT2D eigenvalue weighted by Crippen LogP contribution is 2.32. The number of rotatable bonds is 6. The molecule has 7 heteroatoms. The van der Waals surface area contributed by atoms with Crippen LogP contribution in [0.25, 0.3) is 10.2 Å². The number of hydrogen-bond donors (Lipinski definition) is 0. The lowest BCUT2D eigenvalue weighted by Gasteiger charge is -2.19. The third-order valence-electron chi connectivity index (χ3n) is 3.87. The molecule has 0 saturated carbocycles. The van der Waals surface area contributed by atoms with Gasteiger partial charge < -0.3 is 0 Å². The molecule has 0 fully saturated rings. The van der Waals surface area contributed by atoms with Gasteiger partial charge in [-0.05, 0) is 29.7 Å². The molecule has 0 atom stereocenters. The average molecular weight is 386 g/mol. The van der Waals surface area contributed by atoms with Crippen molar-refractivity contribution in [2.75, 3.05) is 10.7 Å². The first-order chi connectivity index (χ1) is 12.6. The second-order valence-corrected chi connectivity index (χ2v) is 7.90. The monoisotopic (exact) mass is 385 g/mol. The van der Waals surface area contributed by atoms with Crippen molar-refractivity contribution >= 4 is 49.5 Å². The van der Waals surface area contributed by atoms with Crippen molar-refractivity contribution in [3.63, 3.8) is 0 Å². The van der Waals surface area contributed by atoms with Gasteiger partial charge in [0.15, 0.2) is 10.2 Å². The number of nitrogens with zero attached hydrogens (tertiary/aromatic N) is 3. The molecule has 0 aliphatic rings. The zero-order valence-corrected chi connectivity index (χ0v) is 16.3. The van der Waals surface area contributed by atoms with Crippen LogP contribution in [-0.4, -0.2) is 26.7 Å². The van der Waals surface area contributed by atoms with Gasteiger partial charge in [0.25, 0.3) is 0 Å². The molecule has 2 aromatic heterocycles. The van der Waals surface area contributed by atoms with Crippen LogP contribution in [0.3, 0.4) is 0 Å². The summed E-state index contributed by atoms with van der Waals surface area (Å²) in [5.41, 5.74) is 3.03. The highest BCUT2D eigenvalue weighted by molar-refractivity contribution is 8.14. The lowest BCUT2D eigenvalue weighted by Crippen LogP contribution is -2.32. The van der Waals surface area contributed by atoms with Gasteiger partial charge in [-0.25, -0.2) is 4.98 Å². The molecule has 0 spiro atoms. The Labute approximate surface area is 160 Å². The third-order valence-corrected chi connectivity index (χ3v) is 5.71. The van der Waals surface area contributed by atoms with Crippen LogP contribution in [0.1, 0.15) is 25.0 Å². The molecule has 5 nitrogen and oxygen atoms in total. The number of thioether (sulfide) groups is 1. The van der Waals surface area contributed by atoms with Crippen LogP contribution in [0, 0.1) is 0 Å². The number of benzene rings is 1. The largest absolute Gasteiger partial charge is 0.288 e. The van der Waals surface area contributed by atoms with Crippen LogP contribution in [0.5, 0.6) is 0 Å². The summed E-state index contributed by atoms with van der Waals surface area (Å²) >= 11 is 2.51. The molecule has 1 amide bonds. The van der Waals surface area contributed by atoms with Gasteiger partial charge >= 0.3 is 0 Å². The van der Waals surface area contributed by atoms with Crippen molar-refractivity contribution in [1.29, 1.82) is 0 Å². The van der Waals surface area contributed by atoms with Crippen LogP contribution in [-0.2, 0) is 22.6 Å². The number of para-hydroxylation sites is 1. The van der Waals surface area contributed by atoms with E-state index in [1.807, 2.05) is 24.3 Å². The van der Waals surface area contributed by atoms with Crippen molar-refractivity contribution in [3.05, 3.63) is 53.9 Å². The van der Waals surface area contributed by atoms with E-state index in [1.54, 1.807) is 17.3 Å². The lowest BCUT2D eigenvalue weighted by molar-refractivity contribution is -0.116. The summed E-state index contributed by atoms with van der Waals surface area (Å²) < 4.78 is 1.06. The number of thiazole rings is 1. The maximum absolute atomic E-state index is 12.8. The molecule has 26 heavy (non-hydrogen) atoms. The quantitative estimate of drug-likeness (QED) is 0.640. The van der Waals surface area contributed by atoms with E-state index in [9.17, 15) is 9.59 Å². The van der Waals surface area contributed by atoms with Crippen molar-refractivity contribution in [3.8, 4) is 0 Å². The number of carbonyl (C=O) groups excluding carboxylic acids is 2. The summed E-state index contributed by atoms with van der Waals surface area (Å²) in [7, 11) is 0. The second-order valence-electron chi connectivity index (χ2n) is 5.74. The molecule has 0 aliphatic heterocycles. The summed E-state index contributed by atoms with van der Waals surface area (Å²) in [4.78, 5) is 34.5. The fourth-order valence-electron chi connectivity index (χ4n) is 2.57. The molecule has 1 aromatic carbocycles. The normalized spacial score (nSPS) is 10.8. The molecule has 0 saturated heterocycles. The van der Waals surface area contributed by atoms with Crippen molar-refractivity contribution in [1.82, 2.24) is 9.97 Å². The molecular weight excluding hydrogens is 366 g/mol. The van der Waals surface area contributed by atoms with E-state index in [-0.39, 0.29) is 16.8 Å². The molecule has 0 unspecified atom stereocenters. The van der Waals surface area contributed by atoms with Gasteiger partial charge in [-0.2, -0.15) is 0 Å². The zero-order chi connectivity index (χ0) is 18.5. The number of aromatic nitrogens is 2. The molecule has 0 N–H and O–H groups in total. The maximum Gasteiger partial charge on any atom is 0.239 e. The summed E-state index contributed by atoms with van der Waals surface area (Å²) in [5, 5.41) is 0.580. The van der Waals surface area contributed by atoms with Gasteiger partial charge in [-0.3, -0.25) is 19.5 Å². The lowest BCUT2D eigenvalue weighted by atomic mass is 10.1. The minimum Gasteiger partial charge on any atom is -0.288 e. The van der Waals surface area contributed by atoms with E-state index in [0.29, 0.717) is 11.7 Å². The summed E-state index contributed by atoms with van der Waals surface area (Å²) in [6, 6.07) is 9.87. The molecular formula is C19H19N3O2S2. The summed E-state index contributed by atoms with van der Waals surface area (Å²) in [6.45, 7) is 3.94. The Bertz CT molecular complexity index is 925. The Hall–Kier alpha value is -2.25. The molecule has 134 valence electrons. The Morgan fingerprint density at radius 1 is 1.23 bits per heavy atom. The molecule has 0 aliphatic carbocycles. The number of pyridine rings is 1. The van der Waals surface area contributed by atoms with Crippen molar-refractivity contribution < 1.29 is 9.59 Å². The SMILES string of the molecule is CCc1cccc2sc(N(Cc3cccnc3)C(=O)CSC(C)=O)nc12. The van der Waals surface area contributed by atoms with Crippen molar-refractivity contribution in [2.24, 2.45) is 0 Å². The van der Waals surface area contributed by atoms with Crippen molar-refractivity contribution in [2.45, 2.75) is 26.8 Å². The number of carbonyl (C=O) groups is 2. The van der Waals surface area contributed by atoms with E-state index < -0.39 is 0 Å². The van der Waals surface area contributed by atoms with Gasteiger partial charge in [0.1, 0.15) is 0 Å². The van der Waals surface area contributed by atoms with E-state index in [4.69, 9.17) is 4.98 Å². The number of hydrogen-bond acceptors (Lipinski definition) is 6. The van der Waals surface area contributed by atoms with E-state index in [1.165, 1.54) is 18.3 Å². The Morgan fingerprint density at radius 2 is 2.08 bits per heavy atom. The number of anilines is 1. The van der Waals surface area contributed by atoms with Crippen LogP contribution in [0.4, 0.5) is 5.13 Å². The summed E-state index contributed by atoms with van der Waals surface area (Å²) in [6.07, 6.45) is 4.33. The standard InChI is InChI=1S/C19H19N3O2S2/c1-3-15-7-4-8-16-18(15)21-19(26-16)22(17(24)12-25-13(2)23)11-14-6-5-9-20-10-14/h4-10H,3,11-12H2,1-2H3. The van der Waals surface area contributed by atoms with Gasteiger partial charge in [0, 0.05) is 19.3 Å². The smallest absolute Gasteiger partial charge is 0.239 e. The fraction of sp³-hybridized carbons (Fsp3) is 0.263. The van der Waals surface area contributed by atoms with Gasteiger partial charge in [-0.15, -0.1) is 0 Å². The maximum atomic E-state index is 12.8. The topological polar surface area (TPSA) is 63.2 Å². The highest BCUT2D eigenvalue weighted by Gasteiger charge is 2.21. The van der Waals surface area contributed by atoms with Gasteiger partial charge in [0.2, 0.25) is 5.91 Å². The molecule has 0 bridgehead atoms. The highest BCUT2D eigenvalue weighted by atomic mass is 32.2. The van der Waals surface area contributed by atoms with Gasteiger partial charge in [0.05, 0.1) is 22.5 Å². The van der Waals surface area contributed by atoms with E-state index >= 15 is 0 Å². The molecule has 3 rings (SSSR count). The van der Waals surface area contributed by atoms with Crippen LogP contribution in [0.15, 0.2) is 42.7 Å². The van der Waals surface area contributed by atoms with Crippen LogP contribution >= 0.6 is 23.1 Å². The van der Waals surface area contributed by atoms with E-state index in [0.717, 1.165) is 39.5 Å². The average Bonchev–Trinajstić information content (AvgIpc) is 3.08. The first-order valence-electron chi connectivity index (χ1n) is 8.29. The minimum atomic E-state index is -0.133. The Balaban J connectivity index is 1.96. The number of fused-ring (bicyclic) bond motifs is 1. The second kappa shape index (κ2) is 8.42. The Kier molecular flexibility index (Phi) is 6.00. The summed E-state index contributed by atoms with van der Waals surface area (Å²) in [5.74, 6) is -0.0299. The molecule has 2 heterocycles. The van der Waals surface area contributed by atoms with E-state index in [2.05, 4.69) is 18.0 Å². The third kappa shape index (κ3) is 4.28. The first-order valence-corrected chi connectivity index (χ1v) is 10.1. The minimum absolute atomic E-state index is 0.0720. The van der Waals surface area contributed by atoms with Crippen LogP contribution in [0.2, 0.25) is 0 Å². The fourth-order valence-corrected chi connectivity index (χ4v) is 4.09. The Morgan fingerprint density at radius 3 is 2.77 bits per heavy atom. The van der Waals surface area contributed by atoms with Crippen LogP contribution < -0.4 is 4.90 Å². The zero-order valence-electron chi connectivity index (χ0n) is 14.6. The number of amides is 1. The molecule has 3 aromatic rings. The molecule has 0 radical (unpaired) electrons.